The van der Waals surface area contributed by atoms with Crippen LogP contribution in [-0.2, 0) is 9.31 Å². The fourth-order valence-corrected chi connectivity index (χ4v) is 2.64. The minimum absolute atomic E-state index is 0.192. The molecule has 0 amide bonds. The van der Waals surface area contributed by atoms with E-state index in [0.29, 0.717) is 10.6 Å². The number of benzene rings is 1. The third kappa shape index (κ3) is 2.65. The van der Waals surface area contributed by atoms with Crippen LogP contribution in [0.1, 0.15) is 50.9 Å². The summed E-state index contributed by atoms with van der Waals surface area (Å²) in [5.41, 5.74) is 0.600. The minimum Gasteiger partial charge on any atom is -0.399 e. The number of rotatable bonds is 3. The van der Waals surface area contributed by atoms with Gasteiger partial charge in [0.1, 0.15) is 0 Å². The monoisotopic (exact) mass is 306 g/mol. The van der Waals surface area contributed by atoms with Crippen molar-refractivity contribution in [1.82, 2.24) is 0 Å². The van der Waals surface area contributed by atoms with Crippen molar-refractivity contribution in [2.45, 2.75) is 51.7 Å². The summed E-state index contributed by atoms with van der Waals surface area (Å²) in [5, 5.41) is 0.570. The van der Waals surface area contributed by atoms with E-state index in [0.717, 1.165) is 18.3 Å². The van der Waals surface area contributed by atoms with Crippen molar-refractivity contribution in [1.29, 1.82) is 0 Å². The van der Waals surface area contributed by atoms with Crippen molar-refractivity contribution in [3.63, 3.8) is 0 Å². The molecule has 0 N–H and O–H groups in total. The van der Waals surface area contributed by atoms with Gasteiger partial charge in [-0.3, -0.25) is 4.79 Å². The van der Waals surface area contributed by atoms with Crippen molar-refractivity contribution >= 4 is 30.0 Å². The number of carbonyl (C=O) groups is 1. The van der Waals surface area contributed by atoms with E-state index in [1.165, 1.54) is 0 Å². The molecule has 1 saturated carbocycles. The van der Waals surface area contributed by atoms with Crippen LogP contribution in [0.4, 0.5) is 0 Å². The van der Waals surface area contributed by atoms with E-state index in [1.807, 2.05) is 33.8 Å². The molecule has 0 atom stereocenters. The van der Waals surface area contributed by atoms with Gasteiger partial charge in [0.25, 0.3) is 0 Å². The molecule has 0 unspecified atom stereocenters. The fourth-order valence-electron chi connectivity index (χ4n) is 2.43. The average molecular weight is 307 g/mol. The predicted molar refractivity (Wildman–Crippen MR) is 84.2 cm³/mol. The SMILES string of the molecule is CC1(C)OB(c2cc(C(=O)C3CC3)ccc2Cl)OC1(C)C. The molecular weight excluding hydrogens is 286 g/mol. The summed E-state index contributed by atoms with van der Waals surface area (Å²) in [5.74, 6) is 0.391. The van der Waals surface area contributed by atoms with Crippen LogP contribution in [0, 0.1) is 5.92 Å². The van der Waals surface area contributed by atoms with E-state index in [9.17, 15) is 4.79 Å². The number of hydrogen-bond donors (Lipinski definition) is 0. The van der Waals surface area contributed by atoms with E-state index < -0.39 is 18.3 Å². The molecule has 0 spiro atoms. The number of hydrogen-bond acceptors (Lipinski definition) is 3. The summed E-state index contributed by atoms with van der Waals surface area (Å²) in [6.07, 6.45) is 1.99. The summed E-state index contributed by atoms with van der Waals surface area (Å²) in [4.78, 5) is 12.2. The van der Waals surface area contributed by atoms with Crippen LogP contribution in [0.2, 0.25) is 5.02 Å². The Morgan fingerprint density at radius 2 is 1.76 bits per heavy atom. The molecular formula is C16H20BClO3. The summed E-state index contributed by atoms with van der Waals surface area (Å²) in [6.45, 7) is 8.00. The van der Waals surface area contributed by atoms with Crippen LogP contribution in [0.5, 0.6) is 0 Å². The molecule has 2 aliphatic rings. The maximum atomic E-state index is 12.2. The largest absolute Gasteiger partial charge is 0.496 e. The molecule has 1 aromatic rings. The van der Waals surface area contributed by atoms with Gasteiger partial charge in [-0.25, -0.2) is 0 Å². The van der Waals surface area contributed by atoms with E-state index in [-0.39, 0.29) is 11.7 Å². The van der Waals surface area contributed by atoms with E-state index in [4.69, 9.17) is 20.9 Å². The predicted octanol–water partition coefficient (Wildman–Crippen LogP) is 3.23. The van der Waals surface area contributed by atoms with E-state index in [1.54, 1.807) is 12.1 Å². The second-order valence-electron chi connectivity index (χ2n) is 6.96. The number of halogens is 1. The fraction of sp³-hybridized carbons (Fsp3) is 0.562. The first-order valence-corrected chi connectivity index (χ1v) is 7.78. The Balaban J connectivity index is 1.92. The molecule has 112 valence electrons. The Bertz CT molecular complexity index is 577. The van der Waals surface area contributed by atoms with Crippen molar-refractivity contribution < 1.29 is 14.1 Å². The highest BCUT2D eigenvalue weighted by molar-refractivity contribution is 6.65. The lowest BCUT2D eigenvalue weighted by atomic mass is 9.78. The van der Waals surface area contributed by atoms with Crippen LogP contribution in [-0.4, -0.2) is 24.1 Å². The van der Waals surface area contributed by atoms with Gasteiger partial charge in [0, 0.05) is 22.0 Å². The Kier molecular flexibility index (Phi) is 3.47. The maximum Gasteiger partial charge on any atom is 0.496 e. The Morgan fingerprint density at radius 1 is 1.19 bits per heavy atom. The van der Waals surface area contributed by atoms with Crippen molar-refractivity contribution in [2.75, 3.05) is 0 Å². The second-order valence-corrected chi connectivity index (χ2v) is 7.37. The van der Waals surface area contributed by atoms with Gasteiger partial charge < -0.3 is 9.31 Å². The highest BCUT2D eigenvalue weighted by atomic mass is 35.5. The maximum absolute atomic E-state index is 12.2. The molecule has 1 heterocycles. The molecule has 0 aromatic heterocycles. The summed E-state index contributed by atoms with van der Waals surface area (Å²) in [6, 6.07) is 5.38. The molecule has 1 aliphatic heterocycles. The van der Waals surface area contributed by atoms with E-state index >= 15 is 0 Å². The van der Waals surface area contributed by atoms with Gasteiger partial charge in [0.2, 0.25) is 0 Å². The zero-order chi connectivity index (χ0) is 15.4. The van der Waals surface area contributed by atoms with Gasteiger partial charge in [-0.15, -0.1) is 0 Å². The van der Waals surface area contributed by atoms with Crippen LogP contribution in [0.25, 0.3) is 0 Å². The zero-order valence-electron chi connectivity index (χ0n) is 12.9. The average Bonchev–Trinajstić information content (AvgIpc) is 3.18. The van der Waals surface area contributed by atoms with Crippen molar-refractivity contribution in [3.8, 4) is 0 Å². The lowest BCUT2D eigenvalue weighted by Gasteiger charge is -2.32. The summed E-state index contributed by atoms with van der Waals surface area (Å²) >= 11 is 6.29. The van der Waals surface area contributed by atoms with Gasteiger partial charge in [-0.1, -0.05) is 17.7 Å². The van der Waals surface area contributed by atoms with Crippen molar-refractivity contribution in [2.24, 2.45) is 5.92 Å². The van der Waals surface area contributed by atoms with Crippen LogP contribution < -0.4 is 5.46 Å². The third-order valence-corrected chi connectivity index (χ3v) is 5.08. The molecule has 5 heteroatoms. The van der Waals surface area contributed by atoms with Crippen LogP contribution in [0.3, 0.4) is 0 Å². The lowest BCUT2D eigenvalue weighted by molar-refractivity contribution is 0.00578. The summed E-state index contributed by atoms with van der Waals surface area (Å²) < 4.78 is 12.0. The smallest absolute Gasteiger partial charge is 0.399 e. The number of Topliss-reactive ketones (excluding diaryl/α,β-unsaturated/α-hetero) is 1. The normalized spacial score (nSPS) is 23.4. The second kappa shape index (κ2) is 4.84. The third-order valence-electron chi connectivity index (χ3n) is 4.74. The molecule has 0 radical (unpaired) electrons. The standard InChI is InChI=1S/C16H20BClO3/c1-15(2)16(3,4)21-17(20-15)12-9-11(7-8-13(12)18)14(19)10-5-6-10/h7-10H,5-6H2,1-4H3. The molecule has 3 rings (SSSR count). The Labute approximate surface area is 131 Å². The van der Waals surface area contributed by atoms with Gasteiger partial charge in [-0.05, 0) is 52.7 Å². The Morgan fingerprint density at radius 3 is 2.29 bits per heavy atom. The molecule has 0 bridgehead atoms. The highest BCUT2D eigenvalue weighted by Crippen LogP contribution is 2.37. The molecule has 3 nitrogen and oxygen atoms in total. The lowest BCUT2D eigenvalue weighted by Crippen LogP contribution is -2.41. The van der Waals surface area contributed by atoms with Crippen LogP contribution >= 0.6 is 11.6 Å². The van der Waals surface area contributed by atoms with Gasteiger partial charge >= 0.3 is 7.12 Å². The van der Waals surface area contributed by atoms with E-state index in [2.05, 4.69) is 0 Å². The zero-order valence-corrected chi connectivity index (χ0v) is 13.7. The van der Waals surface area contributed by atoms with Gasteiger partial charge in [0.15, 0.2) is 5.78 Å². The number of ketones is 1. The minimum atomic E-state index is -0.533. The number of carbonyl (C=O) groups excluding carboxylic acids is 1. The molecule has 1 saturated heterocycles. The van der Waals surface area contributed by atoms with Gasteiger partial charge in [-0.2, -0.15) is 0 Å². The molecule has 1 aliphatic carbocycles. The first-order valence-electron chi connectivity index (χ1n) is 7.40. The Hall–Kier alpha value is -0.835. The highest BCUT2D eigenvalue weighted by Gasteiger charge is 2.52. The first kappa shape index (κ1) is 15.1. The van der Waals surface area contributed by atoms with Crippen LogP contribution in [0.15, 0.2) is 18.2 Å². The first-order chi connectivity index (χ1) is 9.71. The molecule has 2 fully saturated rings. The molecule has 21 heavy (non-hydrogen) atoms. The quantitative estimate of drug-likeness (QED) is 0.635. The summed E-state index contributed by atoms with van der Waals surface area (Å²) in [7, 11) is -0.533. The topological polar surface area (TPSA) is 35.5 Å². The van der Waals surface area contributed by atoms with Gasteiger partial charge in [0.05, 0.1) is 11.2 Å². The van der Waals surface area contributed by atoms with Crippen molar-refractivity contribution in [3.05, 3.63) is 28.8 Å². The molecule has 1 aromatic carbocycles.